The molecular weight excluding hydrogens is 653 g/mol. The molecule has 2 unspecified atom stereocenters. The average molecular weight is 685 g/mol. The van der Waals surface area contributed by atoms with Crippen molar-refractivity contribution in [2.75, 3.05) is 0 Å². The van der Waals surface area contributed by atoms with Crippen LogP contribution in [0.25, 0.3) is 87.7 Å². The zero-order valence-electron chi connectivity index (χ0n) is 29.4. The van der Waals surface area contributed by atoms with Crippen molar-refractivity contribution in [1.29, 1.82) is 0 Å². The molecule has 250 valence electrons. The highest BCUT2D eigenvalue weighted by Gasteiger charge is 2.33. The van der Waals surface area contributed by atoms with Crippen LogP contribution in [0, 0.1) is 5.92 Å². The van der Waals surface area contributed by atoms with Crippen molar-refractivity contribution in [2.24, 2.45) is 10.9 Å². The summed E-state index contributed by atoms with van der Waals surface area (Å²) in [5, 5.41) is 15.6. The smallest absolute Gasteiger partial charge is 0.0860 e. The first kappa shape index (κ1) is 29.7. The Morgan fingerprint density at radius 3 is 1.83 bits per heavy atom. The van der Waals surface area contributed by atoms with Gasteiger partial charge < -0.3 is 0 Å². The lowest BCUT2D eigenvalue weighted by Crippen LogP contribution is -2.37. The zero-order valence-corrected chi connectivity index (χ0v) is 29.4. The average Bonchev–Trinajstić information content (AvgIpc) is 3.24. The van der Waals surface area contributed by atoms with Crippen molar-refractivity contribution in [3.8, 4) is 11.3 Å². The summed E-state index contributed by atoms with van der Waals surface area (Å²) in [5.74, 6) is 0.152. The largest absolute Gasteiger partial charge is 0.276 e. The molecule has 0 radical (unpaired) electrons. The second kappa shape index (κ2) is 11.3. The maximum absolute atomic E-state index is 5.73. The normalized spacial score (nSPS) is 17.4. The molecule has 0 fully saturated rings. The van der Waals surface area contributed by atoms with E-state index in [0.29, 0.717) is 0 Å². The van der Waals surface area contributed by atoms with Gasteiger partial charge in [-0.2, -0.15) is 0 Å². The molecule has 2 atom stereocenters. The quantitative estimate of drug-likeness (QED) is 0.131. The van der Waals surface area contributed by atoms with Gasteiger partial charge in [0.2, 0.25) is 0 Å². The van der Waals surface area contributed by atoms with Gasteiger partial charge in [0.05, 0.1) is 22.6 Å². The Hall–Kier alpha value is -6.90. The fraction of sp³-hybridized carbons (Fsp3) is 0.0385. The first-order valence-electron chi connectivity index (χ1n) is 18.8. The summed E-state index contributed by atoms with van der Waals surface area (Å²) in [5.41, 5.74) is 8.35. The van der Waals surface area contributed by atoms with Crippen LogP contribution in [0.2, 0.25) is 0 Å². The highest BCUT2D eigenvalue weighted by Crippen LogP contribution is 2.49. The summed E-state index contributed by atoms with van der Waals surface area (Å²) in [6, 6.07) is 53.1. The van der Waals surface area contributed by atoms with Gasteiger partial charge in [0.15, 0.2) is 0 Å². The first-order valence-corrected chi connectivity index (χ1v) is 18.8. The summed E-state index contributed by atoms with van der Waals surface area (Å²) in [7, 11) is 0. The number of hydrogen-bond donors (Lipinski definition) is 0. The SMILES string of the molecule is C1=CC2=C(c3c4ccccc4c(-c4nc5c6ccccc6ccc5c5c4ccc4ccccc45)c4ccccc34)C=C3C=c4ccccc4=NC3C2C=C1. The van der Waals surface area contributed by atoms with E-state index in [1.54, 1.807) is 0 Å². The molecule has 0 N–H and O–H groups in total. The fourth-order valence-electron chi connectivity index (χ4n) is 9.57. The molecule has 1 aromatic heterocycles. The molecule has 2 aliphatic carbocycles. The van der Waals surface area contributed by atoms with E-state index in [0.717, 1.165) is 16.6 Å². The highest BCUT2D eigenvalue weighted by atomic mass is 14.8. The minimum atomic E-state index is 0.0504. The number of allylic oxidation sites excluding steroid dienone is 5. The number of nitrogens with zero attached hydrogens (tertiary/aromatic N) is 2. The van der Waals surface area contributed by atoms with E-state index in [9.17, 15) is 0 Å². The molecule has 8 aromatic carbocycles. The van der Waals surface area contributed by atoms with Gasteiger partial charge in [0, 0.05) is 38.2 Å². The Morgan fingerprint density at radius 1 is 0.463 bits per heavy atom. The molecule has 3 aliphatic rings. The molecule has 0 bridgehead atoms. The molecule has 12 rings (SSSR count). The number of pyridine rings is 1. The third-order valence-corrected chi connectivity index (χ3v) is 11.9. The third kappa shape index (κ3) is 4.17. The van der Waals surface area contributed by atoms with Gasteiger partial charge in [-0.3, -0.25) is 4.99 Å². The highest BCUT2D eigenvalue weighted by molar-refractivity contribution is 6.29. The second-order valence-electron chi connectivity index (χ2n) is 14.8. The summed E-state index contributed by atoms with van der Waals surface area (Å²) in [4.78, 5) is 11.1. The molecule has 0 saturated carbocycles. The van der Waals surface area contributed by atoms with Crippen LogP contribution in [-0.4, -0.2) is 11.0 Å². The van der Waals surface area contributed by atoms with Gasteiger partial charge in [0.25, 0.3) is 0 Å². The Balaban J connectivity index is 1.23. The van der Waals surface area contributed by atoms with Crippen LogP contribution in [0.15, 0.2) is 192 Å². The van der Waals surface area contributed by atoms with Crippen LogP contribution < -0.4 is 10.6 Å². The molecule has 2 heteroatoms. The van der Waals surface area contributed by atoms with Gasteiger partial charge in [-0.15, -0.1) is 0 Å². The number of benzene rings is 8. The molecular formula is C52H32N2. The summed E-state index contributed by atoms with van der Waals surface area (Å²) in [6.45, 7) is 0. The van der Waals surface area contributed by atoms with Gasteiger partial charge >= 0.3 is 0 Å². The lowest BCUT2D eigenvalue weighted by atomic mass is 9.73. The molecule has 1 aliphatic heterocycles. The Labute approximate surface area is 311 Å². The molecule has 9 aromatic rings. The van der Waals surface area contributed by atoms with E-state index in [1.807, 2.05) is 0 Å². The van der Waals surface area contributed by atoms with Crippen LogP contribution in [0.4, 0.5) is 0 Å². The van der Waals surface area contributed by atoms with E-state index in [1.165, 1.54) is 92.3 Å². The van der Waals surface area contributed by atoms with Crippen molar-refractivity contribution in [1.82, 2.24) is 4.98 Å². The summed E-state index contributed by atoms with van der Waals surface area (Å²) >= 11 is 0. The molecule has 54 heavy (non-hydrogen) atoms. The van der Waals surface area contributed by atoms with Crippen molar-refractivity contribution < 1.29 is 0 Å². The van der Waals surface area contributed by atoms with Crippen molar-refractivity contribution in [2.45, 2.75) is 6.04 Å². The number of fused-ring (bicyclic) bond motifs is 13. The van der Waals surface area contributed by atoms with Gasteiger partial charge in [0.1, 0.15) is 0 Å². The third-order valence-electron chi connectivity index (χ3n) is 11.9. The second-order valence-corrected chi connectivity index (χ2v) is 14.8. The minimum absolute atomic E-state index is 0.0504. The Bertz CT molecular complexity index is 3340. The first-order chi connectivity index (χ1) is 26.8. The standard InChI is InChI=1S/C52H32N2/c1-4-16-35-31(13-1)25-28-44-47(35)43-27-26-32-14-2-5-17-36(32)51(43)54-52(44)49-40-21-9-7-19-38(40)48(39-20-8-10-22-41(39)49)45-30-34-29-33-15-3-12-24-46(33)53-50(34)42-23-11-6-18-37(42)45/h1-30,42,50H. The molecule has 0 saturated heterocycles. The van der Waals surface area contributed by atoms with Gasteiger partial charge in [-0.05, 0) is 78.2 Å². The van der Waals surface area contributed by atoms with Crippen molar-refractivity contribution >= 4 is 76.4 Å². The lowest BCUT2D eigenvalue weighted by molar-refractivity contribution is 0.628. The van der Waals surface area contributed by atoms with Gasteiger partial charge in [-0.25, -0.2) is 4.98 Å². The van der Waals surface area contributed by atoms with E-state index in [2.05, 4.69) is 182 Å². The van der Waals surface area contributed by atoms with E-state index in [4.69, 9.17) is 9.98 Å². The van der Waals surface area contributed by atoms with Crippen LogP contribution >= 0.6 is 0 Å². The fourth-order valence-corrected chi connectivity index (χ4v) is 9.57. The monoisotopic (exact) mass is 684 g/mol. The lowest BCUT2D eigenvalue weighted by Gasteiger charge is -2.33. The van der Waals surface area contributed by atoms with Crippen molar-refractivity contribution in [3.63, 3.8) is 0 Å². The van der Waals surface area contributed by atoms with E-state index >= 15 is 0 Å². The minimum Gasteiger partial charge on any atom is -0.276 e. The van der Waals surface area contributed by atoms with Gasteiger partial charge in [-0.1, -0.05) is 164 Å². The maximum Gasteiger partial charge on any atom is 0.0860 e. The van der Waals surface area contributed by atoms with Crippen LogP contribution in [-0.2, 0) is 0 Å². The molecule has 0 spiro atoms. The van der Waals surface area contributed by atoms with E-state index < -0.39 is 0 Å². The van der Waals surface area contributed by atoms with Crippen molar-refractivity contribution in [3.05, 3.63) is 203 Å². The van der Waals surface area contributed by atoms with Crippen LogP contribution in [0.3, 0.4) is 0 Å². The zero-order chi connectivity index (χ0) is 35.3. The topological polar surface area (TPSA) is 25.2 Å². The van der Waals surface area contributed by atoms with E-state index in [-0.39, 0.29) is 12.0 Å². The van der Waals surface area contributed by atoms with Crippen LogP contribution in [0.5, 0.6) is 0 Å². The molecule has 2 heterocycles. The Morgan fingerprint density at radius 2 is 1.07 bits per heavy atom. The molecule has 0 amide bonds. The molecule has 2 nitrogen and oxygen atoms in total. The number of para-hydroxylation sites is 1. The summed E-state index contributed by atoms with van der Waals surface area (Å²) < 4.78 is 0. The predicted octanol–water partition coefficient (Wildman–Crippen LogP) is 11.6. The Kier molecular flexibility index (Phi) is 6.20. The predicted molar refractivity (Wildman–Crippen MR) is 227 cm³/mol. The van der Waals surface area contributed by atoms with Crippen LogP contribution in [0.1, 0.15) is 5.56 Å². The summed E-state index contributed by atoms with van der Waals surface area (Å²) in [6.07, 6.45) is 13.8. The number of aromatic nitrogens is 1. The maximum atomic E-state index is 5.73. The number of rotatable bonds is 2. The number of hydrogen-bond acceptors (Lipinski definition) is 2.